The number of fused-ring (bicyclic) bond motifs is 3. The number of anilines is 3. The summed E-state index contributed by atoms with van der Waals surface area (Å²) in [6.45, 7) is 0. The van der Waals surface area contributed by atoms with E-state index in [0.29, 0.717) is 5.69 Å². The van der Waals surface area contributed by atoms with Gasteiger partial charge in [-0.05, 0) is 48.6 Å². The van der Waals surface area contributed by atoms with Crippen LogP contribution in [-0.2, 0) is 23.0 Å². The third-order valence-corrected chi connectivity index (χ3v) is 6.75. The van der Waals surface area contributed by atoms with Crippen LogP contribution in [-0.4, -0.2) is 24.5 Å². The Labute approximate surface area is 178 Å². The van der Waals surface area contributed by atoms with Gasteiger partial charge in [-0.1, -0.05) is 30.3 Å². The van der Waals surface area contributed by atoms with Crippen molar-refractivity contribution in [3.8, 4) is 0 Å². The molecule has 7 nitrogen and oxygen atoms in total. The van der Waals surface area contributed by atoms with Gasteiger partial charge in [-0.15, -0.1) is 0 Å². The standard InChI is InChI=1S/C23H18N2O5S/c24-21-18(31(28,29)30)11-17(25-14-9-8-12-4-3-5-13(12)10-14)19-20(21)23(27)16-7-2-1-6-15(16)22(19)26/h1-2,6-11,25H,3-5,24H2,(H,28,29,30). The number of nitrogens with one attached hydrogen (secondary N) is 1. The third-order valence-electron chi connectivity index (χ3n) is 5.86. The molecule has 0 atom stereocenters. The highest BCUT2D eigenvalue weighted by Gasteiger charge is 2.36. The lowest BCUT2D eigenvalue weighted by Crippen LogP contribution is -2.25. The van der Waals surface area contributed by atoms with Gasteiger partial charge in [0, 0.05) is 16.8 Å². The molecule has 0 radical (unpaired) electrons. The van der Waals surface area contributed by atoms with E-state index in [4.69, 9.17) is 5.73 Å². The first-order valence-corrected chi connectivity index (χ1v) is 11.2. The summed E-state index contributed by atoms with van der Waals surface area (Å²) >= 11 is 0. The van der Waals surface area contributed by atoms with Crippen LogP contribution in [0.25, 0.3) is 0 Å². The fraction of sp³-hybridized carbons (Fsp3) is 0.130. The monoisotopic (exact) mass is 434 g/mol. The molecular weight excluding hydrogens is 416 g/mol. The molecule has 0 spiro atoms. The molecule has 0 fully saturated rings. The summed E-state index contributed by atoms with van der Waals surface area (Å²) in [5, 5.41) is 3.08. The minimum Gasteiger partial charge on any atom is -0.397 e. The molecular formula is C23H18N2O5S. The molecule has 0 unspecified atom stereocenters. The van der Waals surface area contributed by atoms with Crippen molar-refractivity contribution >= 4 is 38.7 Å². The third kappa shape index (κ3) is 3.03. The molecule has 0 saturated carbocycles. The first-order valence-electron chi connectivity index (χ1n) is 9.77. The number of hydrogen-bond acceptors (Lipinski definition) is 6. The summed E-state index contributed by atoms with van der Waals surface area (Å²) in [6.07, 6.45) is 3.00. The van der Waals surface area contributed by atoms with Gasteiger partial charge >= 0.3 is 0 Å². The molecule has 156 valence electrons. The van der Waals surface area contributed by atoms with Gasteiger partial charge in [0.1, 0.15) is 4.90 Å². The molecule has 0 heterocycles. The minimum atomic E-state index is -4.74. The average molecular weight is 434 g/mol. The van der Waals surface area contributed by atoms with Crippen LogP contribution in [0.15, 0.2) is 53.4 Å². The zero-order valence-corrected chi connectivity index (χ0v) is 17.1. The Morgan fingerprint density at radius 2 is 1.52 bits per heavy atom. The smallest absolute Gasteiger partial charge is 0.296 e. The van der Waals surface area contributed by atoms with Crippen LogP contribution in [0, 0.1) is 0 Å². The van der Waals surface area contributed by atoms with Crippen molar-refractivity contribution in [1.82, 2.24) is 0 Å². The van der Waals surface area contributed by atoms with Gasteiger partial charge in [-0.25, -0.2) is 0 Å². The summed E-state index contributed by atoms with van der Waals surface area (Å²) in [7, 11) is -4.74. The largest absolute Gasteiger partial charge is 0.397 e. The lowest BCUT2D eigenvalue weighted by atomic mass is 9.82. The van der Waals surface area contributed by atoms with Gasteiger partial charge in [-0.2, -0.15) is 8.42 Å². The Morgan fingerprint density at radius 3 is 2.19 bits per heavy atom. The first kappa shape index (κ1) is 19.5. The second-order valence-corrected chi connectivity index (χ2v) is 9.12. The van der Waals surface area contributed by atoms with E-state index in [1.54, 1.807) is 18.2 Å². The zero-order chi connectivity index (χ0) is 21.9. The molecule has 8 heteroatoms. The van der Waals surface area contributed by atoms with Gasteiger partial charge in [0.05, 0.1) is 22.5 Å². The molecule has 3 aromatic rings. The van der Waals surface area contributed by atoms with Crippen LogP contribution in [0.3, 0.4) is 0 Å². The lowest BCUT2D eigenvalue weighted by Gasteiger charge is -2.23. The quantitative estimate of drug-likeness (QED) is 0.333. The Balaban J connectivity index is 1.75. The van der Waals surface area contributed by atoms with Crippen LogP contribution in [0.2, 0.25) is 0 Å². The molecule has 3 aromatic carbocycles. The summed E-state index contributed by atoms with van der Waals surface area (Å²) in [6, 6.07) is 13.2. The van der Waals surface area contributed by atoms with Crippen LogP contribution < -0.4 is 11.1 Å². The van der Waals surface area contributed by atoms with E-state index in [9.17, 15) is 22.6 Å². The Morgan fingerprint density at radius 1 is 0.871 bits per heavy atom. The van der Waals surface area contributed by atoms with Crippen molar-refractivity contribution in [2.75, 3.05) is 11.1 Å². The van der Waals surface area contributed by atoms with E-state index in [2.05, 4.69) is 5.32 Å². The molecule has 0 bridgehead atoms. The summed E-state index contributed by atoms with van der Waals surface area (Å²) in [5.74, 6) is -1.01. The molecule has 2 aliphatic carbocycles. The second kappa shape index (κ2) is 6.76. The normalized spacial score (nSPS) is 14.7. The molecule has 0 aromatic heterocycles. The maximum absolute atomic E-state index is 13.3. The number of benzene rings is 3. The average Bonchev–Trinajstić information content (AvgIpc) is 3.20. The number of carbonyl (C=O) groups excluding carboxylic acids is 2. The van der Waals surface area contributed by atoms with Gasteiger partial charge < -0.3 is 11.1 Å². The van der Waals surface area contributed by atoms with E-state index in [-0.39, 0.29) is 27.9 Å². The summed E-state index contributed by atoms with van der Waals surface area (Å²) in [5.41, 5.74) is 8.87. The number of carbonyl (C=O) groups is 2. The van der Waals surface area contributed by atoms with Crippen molar-refractivity contribution in [2.45, 2.75) is 24.2 Å². The lowest BCUT2D eigenvalue weighted by molar-refractivity contribution is 0.0980. The van der Waals surface area contributed by atoms with Crippen molar-refractivity contribution in [3.63, 3.8) is 0 Å². The molecule has 2 aliphatic rings. The number of ketones is 2. The van der Waals surface area contributed by atoms with Crippen LogP contribution >= 0.6 is 0 Å². The van der Waals surface area contributed by atoms with Gasteiger partial charge in [0.15, 0.2) is 11.6 Å². The van der Waals surface area contributed by atoms with Gasteiger partial charge in [0.25, 0.3) is 10.1 Å². The SMILES string of the molecule is Nc1c(S(=O)(=O)O)cc(Nc2ccc3c(c2)CCC3)c2c1C(=O)c1ccccc1C2=O. The van der Waals surface area contributed by atoms with E-state index in [0.717, 1.165) is 25.3 Å². The number of nitrogen functional groups attached to an aromatic ring is 1. The fourth-order valence-corrected chi connectivity index (χ4v) is 5.06. The maximum atomic E-state index is 13.3. The summed E-state index contributed by atoms with van der Waals surface area (Å²) in [4.78, 5) is 25.9. The number of aryl methyl sites for hydroxylation is 2. The number of nitrogens with two attached hydrogens (primary N) is 1. The molecule has 5 rings (SSSR count). The molecule has 31 heavy (non-hydrogen) atoms. The van der Waals surface area contributed by atoms with Gasteiger partial charge in [0.2, 0.25) is 0 Å². The molecule has 0 aliphatic heterocycles. The number of rotatable bonds is 3. The predicted octanol–water partition coefficient (Wildman–Crippen LogP) is 3.52. The topological polar surface area (TPSA) is 127 Å². The fourth-order valence-electron chi connectivity index (χ4n) is 4.41. The summed E-state index contributed by atoms with van der Waals surface area (Å²) < 4.78 is 33.7. The van der Waals surface area contributed by atoms with Crippen molar-refractivity contribution in [2.24, 2.45) is 0 Å². The van der Waals surface area contributed by atoms with E-state index in [1.807, 2.05) is 18.2 Å². The van der Waals surface area contributed by atoms with Crippen molar-refractivity contribution in [3.05, 3.63) is 81.9 Å². The highest BCUT2D eigenvalue weighted by Crippen LogP contribution is 2.40. The zero-order valence-electron chi connectivity index (χ0n) is 16.3. The van der Waals surface area contributed by atoms with Gasteiger partial charge in [-0.3, -0.25) is 14.1 Å². The number of hydrogen-bond donors (Lipinski definition) is 3. The molecule has 0 amide bonds. The second-order valence-electron chi connectivity index (χ2n) is 7.73. The Kier molecular flexibility index (Phi) is 4.25. The predicted molar refractivity (Wildman–Crippen MR) is 116 cm³/mol. The Hall–Kier alpha value is -3.49. The van der Waals surface area contributed by atoms with Crippen LogP contribution in [0.4, 0.5) is 17.1 Å². The van der Waals surface area contributed by atoms with Crippen molar-refractivity contribution < 1.29 is 22.6 Å². The highest BCUT2D eigenvalue weighted by molar-refractivity contribution is 7.86. The highest BCUT2D eigenvalue weighted by atomic mass is 32.2. The van der Waals surface area contributed by atoms with Crippen molar-refractivity contribution in [1.29, 1.82) is 0 Å². The first-order chi connectivity index (χ1) is 14.8. The van der Waals surface area contributed by atoms with E-state index < -0.39 is 32.3 Å². The molecule has 4 N–H and O–H groups in total. The minimum absolute atomic E-state index is 0.00546. The maximum Gasteiger partial charge on any atom is 0.296 e. The van der Waals surface area contributed by atoms with E-state index in [1.165, 1.54) is 17.2 Å². The van der Waals surface area contributed by atoms with Crippen LogP contribution in [0.5, 0.6) is 0 Å². The molecule has 0 saturated heterocycles. The van der Waals surface area contributed by atoms with Crippen LogP contribution in [0.1, 0.15) is 49.4 Å². The Bertz CT molecular complexity index is 1410. The van der Waals surface area contributed by atoms with E-state index >= 15 is 0 Å².